The van der Waals surface area contributed by atoms with Crippen LogP contribution in [0.15, 0.2) is 76.3 Å². The van der Waals surface area contributed by atoms with Crippen molar-refractivity contribution in [3.63, 3.8) is 0 Å². The number of hydrogen-bond donors (Lipinski definition) is 1. The highest BCUT2D eigenvalue weighted by Gasteiger charge is 2.24. The van der Waals surface area contributed by atoms with Gasteiger partial charge in [0, 0.05) is 23.1 Å². The van der Waals surface area contributed by atoms with Gasteiger partial charge in [0.25, 0.3) is 0 Å². The molecule has 0 aliphatic carbocycles. The number of amides is 1. The van der Waals surface area contributed by atoms with Crippen molar-refractivity contribution < 1.29 is 18.7 Å². The molecule has 4 aromatic rings. The van der Waals surface area contributed by atoms with Crippen molar-refractivity contribution in [2.75, 3.05) is 17.7 Å². The van der Waals surface area contributed by atoms with Crippen LogP contribution in [0, 0.1) is 0 Å². The number of hydrogen-bond acceptors (Lipinski definition) is 8. The quantitative estimate of drug-likeness (QED) is 0.180. The Morgan fingerprint density at radius 2 is 2.06 bits per heavy atom. The summed E-state index contributed by atoms with van der Waals surface area (Å²) in [5, 5.41) is 14.2. The summed E-state index contributed by atoms with van der Waals surface area (Å²) >= 11 is 2.50. The van der Waals surface area contributed by atoms with E-state index in [9.17, 15) is 9.59 Å². The van der Waals surface area contributed by atoms with Crippen molar-refractivity contribution in [1.82, 2.24) is 14.8 Å². The van der Waals surface area contributed by atoms with E-state index in [1.165, 1.54) is 29.4 Å². The fourth-order valence-corrected chi connectivity index (χ4v) is 4.95. The number of esters is 1. The molecule has 3 heterocycles. The first-order valence-corrected chi connectivity index (χ1v) is 12.3. The summed E-state index contributed by atoms with van der Waals surface area (Å²) in [7, 11) is 0. The van der Waals surface area contributed by atoms with E-state index in [1.807, 2.05) is 34.9 Å². The van der Waals surface area contributed by atoms with Crippen LogP contribution in [0.25, 0.3) is 22.7 Å². The Balaban J connectivity index is 1.50. The van der Waals surface area contributed by atoms with Crippen molar-refractivity contribution in [2.24, 2.45) is 0 Å². The molecule has 0 saturated carbocycles. The van der Waals surface area contributed by atoms with E-state index in [2.05, 4.69) is 22.1 Å². The molecule has 0 spiro atoms. The number of nitrogens with zero attached hydrogens (tertiary/aromatic N) is 3. The second kappa shape index (κ2) is 11.0. The van der Waals surface area contributed by atoms with Gasteiger partial charge in [0.1, 0.15) is 16.3 Å². The number of furan rings is 1. The third-order valence-corrected chi connectivity index (χ3v) is 6.57. The summed E-state index contributed by atoms with van der Waals surface area (Å²) in [6.07, 6.45) is 3.29. The van der Waals surface area contributed by atoms with Gasteiger partial charge < -0.3 is 14.5 Å². The van der Waals surface area contributed by atoms with E-state index in [0.29, 0.717) is 33.9 Å². The van der Waals surface area contributed by atoms with Gasteiger partial charge >= 0.3 is 5.97 Å². The van der Waals surface area contributed by atoms with Gasteiger partial charge in [0.15, 0.2) is 11.0 Å². The van der Waals surface area contributed by atoms with Crippen LogP contribution in [-0.2, 0) is 16.1 Å². The lowest BCUT2D eigenvalue weighted by molar-refractivity contribution is -0.113. The lowest BCUT2D eigenvalue weighted by Gasteiger charge is -2.09. The van der Waals surface area contributed by atoms with Gasteiger partial charge in [0.05, 0.1) is 18.6 Å². The number of rotatable bonds is 10. The second-order valence-electron chi connectivity index (χ2n) is 6.96. The molecule has 34 heavy (non-hydrogen) atoms. The van der Waals surface area contributed by atoms with Crippen molar-refractivity contribution in [2.45, 2.75) is 18.6 Å². The molecule has 4 rings (SSSR count). The second-order valence-corrected chi connectivity index (χ2v) is 8.78. The SMILES string of the molecule is C=CCn1c(SCC(=O)Nc2scc(-c3ccco3)c2C(=O)OCC)nnc1-c1ccccc1. The van der Waals surface area contributed by atoms with Crippen LogP contribution >= 0.6 is 23.1 Å². The summed E-state index contributed by atoms with van der Waals surface area (Å²) in [5.74, 6) is 0.518. The van der Waals surface area contributed by atoms with E-state index in [0.717, 1.165) is 5.56 Å². The molecular formula is C24H22N4O4S2. The maximum Gasteiger partial charge on any atom is 0.341 e. The Kier molecular flexibility index (Phi) is 7.61. The number of anilines is 1. The normalized spacial score (nSPS) is 10.7. The van der Waals surface area contributed by atoms with Crippen molar-refractivity contribution in [3.05, 3.63) is 72.3 Å². The molecule has 1 aromatic carbocycles. The third-order valence-electron chi connectivity index (χ3n) is 4.70. The predicted octanol–water partition coefficient (Wildman–Crippen LogP) is 5.36. The zero-order valence-electron chi connectivity index (χ0n) is 18.4. The summed E-state index contributed by atoms with van der Waals surface area (Å²) in [5.41, 5.74) is 1.78. The Morgan fingerprint density at radius 1 is 1.24 bits per heavy atom. The molecule has 174 valence electrons. The van der Waals surface area contributed by atoms with E-state index >= 15 is 0 Å². The number of allylic oxidation sites excluding steroid dienone is 1. The minimum Gasteiger partial charge on any atom is -0.464 e. The Hall–Kier alpha value is -3.63. The Bertz CT molecular complexity index is 1280. The number of thiophene rings is 1. The summed E-state index contributed by atoms with van der Waals surface area (Å²) in [6.45, 7) is 6.27. The standard InChI is InChI=1S/C24H22N4O4S2/c1-3-12-28-21(16-9-6-5-7-10-16)26-27-24(28)34-15-19(29)25-22-20(23(30)31-4-2)17(14-33-22)18-11-8-13-32-18/h3,5-11,13-14H,1,4,12,15H2,2H3,(H,25,29). The molecule has 0 unspecified atom stereocenters. The van der Waals surface area contributed by atoms with Gasteiger partial charge in [-0.3, -0.25) is 9.36 Å². The molecule has 0 aliphatic heterocycles. The number of ether oxygens (including phenoxy) is 1. The van der Waals surface area contributed by atoms with Gasteiger partial charge in [0.2, 0.25) is 5.91 Å². The van der Waals surface area contributed by atoms with Crippen LogP contribution in [0.5, 0.6) is 0 Å². The maximum atomic E-state index is 12.8. The predicted molar refractivity (Wildman–Crippen MR) is 133 cm³/mol. The van der Waals surface area contributed by atoms with Crippen LogP contribution in [0.4, 0.5) is 5.00 Å². The minimum absolute atomic E-state index is 0.0836. The van der Waals surface area contributed by atoms with Gasteiger partial charge in [-0.1, -0.05) is 48.2 Å². The molecule has 1 amide bonds. The van der Waals surface area contributed by atoms with Gasteiger partial charge in [-0.15, -0.1) is 28.1 Å². The topological polar surface area (TPSA) is 99.3 Å². The van der Waals surface area contributed by atoms with E-state index < -0.39 is 5.97 Å². The molecule has 0 saturated heterocycles. The molecule has 8 nitrogen and oxygen atoms in total. The van der Waals surface area contributed by atoms with Crippen molar-refractivity contribution in [1.29, 1.82) is 0 Å². The highest BCUT2D eigenvalue weighted by molar-refractivity contribution is 7.99. The number of aromatic nitrogens is 3. The summed E-state index contributed by atoms with van der Waals surface area (Å²) in [6, 6.07) is 13.2. The number of thioether (sulfide) groups is 1. The number of benzene rings is 1. The van der Waals surface area contributed by atoms with Gasteiger partial charge in [-0.25, -0.2) is 4.79 Å². The van der Waals surface area contributed by atoms with E-state index in [-0.39, 0.29) is 23.8 Å². The molecule has 0 bridgehead atoms. The van der Waals surface area contributed by atoms with E-state index in [4.69, 9.17) is 9.15 Å². The Labute approximate surface area is 204 Å². The Morgan fingerprint density at radius 3 is 2.76 bits per heavy atom. The fraction of sp³-hybridized carbons (Fsp3) is 0.167. The van der Waals surface area contributed by atoms with Crippen LogP contribution in [0.1, 0.15) is 17.3 Å². The van der Waals surface area contributed by atoms with Crippen molar-refractivity contribution in [3.8, 4) is 22.7 Å². The molecule has 10 heteroatoms. The average Bonchev–Trinajstić information content (AvgIpc) is 3.59. The lowest BCUT2D eigenvalue weighted by Crippen LogP contribution is -2.16. The smallest absolute Gasteiger partial charge is 0.341 e. The summed E-state index contributed by atoms with van der Waals surface area (Å²) < 4.78 is 12.6. The fourth-order valence-electron chi connectivity index (χ4n) is 3.25. The van der Waals surface area contributed by atoms with Crippen LogP contribution in [0.2, 0.25) is 0 Å². The first-order chi connectivity index (χ1) is 16.6. The molecule has 0 aliphatic rings. The first-order valence-electron chi connectivity index (χ1n) is 10.5. The molecule has 0 atom stereocenters. The first kappa shape index (κ1) is 23.5. The zero-order chi connectivity index (χ0) is 23.9. The molecule has 0 radical (unpaired) electrons. The van der Waals surface area contributed by atoms with Gasteiger partial charge in [-0.2, -0.15) is 0 Å². The monoisotopic (exact) mass is 494 g/mol. The van der Waals surface area contributed by atoms with Gasteiger partial charge in [-0.05, 0) is 19.1 Å². The maximum absolute atomic E-state index is 12.8. The zero-order valence-corrected chi connectivity index (χ0v) is 20.0. The lowest BCUT2D eigenvalue weighted by atomic mass is 10.1. The highest BCUT2D eigenvalue weighted by atomic mass is 32.2. The van der Waals surface area contributed by atoms with Crippen LogP contribution in [0.3, 0.4) is 0 Å². The highest BCUT2D eigenvalue weighted by Crippen LogP contribution is 2.36. The van der Waals surface area contributed by atoms with E-state index in [1.54, 1.807) is 30.5 Å². The average molecular weight is 495 g/mol. The minimum atomic E-state index is -0.517. The number of carbonyl (C=O) groups is 2. The number of carbonyl (C=O) groups excluding carboxylic acids is 2. The third kappa shape index (κ3) is 5.13. The number of nitrogens with one attached hydrogen (secondary N) is 1. The molecule has 0 fully saturated rings. The summed E-state index contributed by atoms with van der Waals surface area (Å²) in [4.78, 5) is 25.4. The van der Waals surface area contributed by atoms with Crippen LogP contribution in [-0.4, -0.2) is 39.0 Å². The van der Waals surface area contributed by atoms with Crippen molar-refractivity contribution >= 4 is 40.0 Å². The molecular weight excluding hydrogens is 472 g/mol. The largest absolute Gasteiger partial charge is 0.464 e. The van der Waals surface area contributed by atoms with Crippen LogP contribution < -0.4 is 5.32 Å². The molecule has 1 N–H and O–H groups in total. The molecule has 3 aromatic heterocycles.